The normalized spacial score (nSPS) is 14.5. The summed E-state index contributed by atoms with van der Waals surface area (Å²) >= 11 is 0. The molecule has 0 spiro atoms. The smallest absolute Gasteiger partial charge is 0.0599 e. The van der Waals surface area contributed by atoms with Crippen molar-refractivity contribution in [1.82, 2.24) is 5.32 Å². The van der Waals surface area contributed by atoms with Gasteiger partial charge in [-0.15, -0.1) is 0 Å². The monoisotopic (exact) mass is 187 g/mol. The maximum Gasteiger partial charge on any atom is 0.0599 e. The van der Waals surface area contributed by atoms with Crippen molar-refractivity contribution < 1.29 is 4.74 Å². The molecule has 0 aromatic heterocycles. The summed E-state index contributed by atoms with van der Waals surface area (Å²) in [6, 6.07) is 0. The summed E-state index contributed by atoms with van der Waals surface area (Å²) in [7, 11) is 0. The molecule has 2 nitrogen and oxygen atoms in total. The van der Waals surface area contributed by atoms with Crippen LogP contribution in [0.25, 0.3) is 0 Å². The molecule has 0 radical (unpaired) electrons. The van der Waals surface area contributed by atoms with E-state index in [0.29, 0.717) is 0 Å². The standard InChI is InChI=1S/C11H25NO/c1-6-10(2)9-12-7-8-13-11(3,4)5/h10,12H,6-9H2,1-5H3. The third-order valence-corrected chi connectivity index (χ3v) is 2.00. The highest BCUT2D eigenvalue weighted by Crippen LogP contribution is 2.05. The fourth-order valence-corrected chi connectivity index (χ4v) is 0.922. The highest BCUT2D eigenvalue weighted by molar-refractivity contribution is 4.60. The van der Waals surface area contributed by atoms with Crippen molar-refractivity contribution in [3.8, 4) is 0 Å². The van der Waals surface area contributed by atoms with Crippen molar-refractivity contribution in [1.29, 1.82) is 0 Å². The van der Waals surface area contributed by atoms with Crippen molar-refractivity contribution in [3.63, 3.8) is 0 Å². The highest BCUT2D eigenvalue weighted by atomic mass is 16.5. The molecule has 0 amide bonds. The molecule has 0 aromatic carbocycles. The van der Waals surface area contributed by atoms with Crippen LogP contribution in [0.5, 0.6) is 0 Å². The Hall–Kier alpha value is -0.0800. The average molecular weight is 187 g/mol. The second kappa shape index (κ2) is 6.39. The van der Waals surface area contributed by atoms with Gasteiger partial charge in [-0.05, 0) is 33.2 Å². The lowest BCUT2D eigenvalue weighted by Crippen LogP contribution is -2.29. The molecule has 0 aliphatic heterocycles. The number of rotatable bonds is 6. The van der Waals surface area contributed by atoms with Crippen molar-refractivity contribution >= 4 is 0 Å². The second-order valence-electron chi connectivity index (χ2n) is 4.68. The van der Waals surface area contributed by atoms with Crippen LogP contribution in [0, 0.1) is 5.92 Å². The van der Waals surface area contributed by atoms with Crippen molar-refractivity contribution in [3.05, 3.63) is 0 Å². The first-order valence-electron chi connectivity index (χ1n) is 5.30. The van der Waals surface area contributed by atoms with Crippen LogP contribution >= 0.6 is 0 Å². The van der Waals surface area contributed by atoms with Crippen LogP contribution in [-0.2, 0) is 4.74 Å². The minimum Gasteiger partial charge on any atom is -0.375 e. The maximum absolute atomic E-state index is 5.58. The molecule has 2 heteroatoms. The van der Waals surface area contributed by atoms with Crippen LogP contribution in [0.15, 0.2) is 0 Å². The van der Waals surface area contributed by atoms with Crippen LogP contribution < -0.4 is 5.32 Å². The van der Waals surface area contributed by atoms with E-state index >= 15 is 0 Å². The van der Waals surface area contributed by atoms with Gasteiger partial charge in [-0.1, -0.05) is 20.3 Å². The summed E-state index contributed by atoms with van der Waals surface area (Å²) < 4.78 is 5.58. The topological polar surface area (TPSA) is 21.3 Å². The van der Waals surface area contributed by atoms with Gasteiger partial charge in [-0.25, -0.2) is 0 Å². The first kappa shape index (κ1) is 12.9. The summed E-state index contributed by atoms with van der Waals surface area (Å²) in [5.41, 5.74) is -0.00193. The Morgan fingerprint density at radius 1 is 1.31 bits per heavy atom. The van der Waals surface area contributed by atoms with E-state index in [-0.39, 0.29) is 5.60 Å². The molecule has 0 aromatic rings. The van der Waals surface area contributed by atoms with Gasteiger partial charge in [-0.2, -0.15) is 0 Å². The Morgan fingerprint density at radius 2 is 1.92 bits per heavy atom. The van der Waals surface area contributed by atoms with E-state index in [2.05, 4.69) is 39.9 Å². The van der Waals surface area contributed by atoms with Gasteiger partial charge in [0, 0.05) is 6.54 Å². The summed E-state index contributed by atoms with van der Waals surface area (Å²) in [4.78, 5) is 0. The molecule has 0 bridgehead atoms. The molecule has 13 heavy (non-hydrogen) atoms. The highest BCUT2D eigenvalue weighted by Gasteiger charge is 2.08. The Morgan fingerprint density at radius 3 is 2.38 bits per heavy atom. The van der Waals surface area contributed by atoms with Gasteiger partial charge in [0.05, 0.1) is 12.2 Å². The minimum absolute atomic E-state index is 0.00193. The summed E-state index contributed by atoms with van der Waals surface area (Å²) in [6.45, 7) is 13.6. The van der Waals surface area contributed by atoms with E-state index in [1.165, 1.54) is 6.42 Å². The lowest BCUT2D eigenvalue weighted by molar-refractivity contribution is -0.000967. The molecular weight excluding hydrogens is 162 g/mol. The molecule has 0 aliphatic rings. The van der Waals surface area contributed by atoms with Gasteiger partial charge in [0.25, 0.3) is 0 Å². The molecule has 1 atom stereocenters. The summed E-state index contributed by atoms with van der Waals surface area (Å²) in [5, 5.41) is 3.38. The molecule has 0 heterocycles. The number of nitrogens with one attached hydrogen (secondary N) is 1. The molecule has 0 fully saturated rings. The van der Waals surface area contributed by atoms with E-state index in [1.54, 1.807) is 0 Å². The van der Waals surface area contributed by atoms with Crippen LogP contribution in [0.1, 0.15) is 41.0 Å². The summed E-state index contributed by atoms with van der Waals surface area (Å²) in [6.07, 6.45) is 1.24. The Labute approximate surface area is 83.1 Å². The quantitative estimate of drug-likeness (QED) is 0.645. The molecule has 1 unspecified atom stereocenters. The molecule has 1 N–H and O–H groups in total. The lowest BCUT2D eigenvalue weighted by atomic mass is 10.1. The molecule has 0 saturated carbocycles. The van der Waals surface area contributed by atoms with Gasteiger partial charge in [0.2, 0.25) is 0 Å². The molecule has 0 saturated heterocycles. The van der Waals surface area contributed by atoms with Gasteiger partial charge < -0.3 is 10.1 Å². The molecular formula is C11H25NO. The predicted octanol–water partition coefficient (Wildman–Crippen LogP) is 2.44. The van der Waals surface area contributed by atoms with E-state index < -0.39 is 0 Å². The van der Waals surface area contributed by atoms with E-state index in [9.17, 15) is 0 Å². The third-order valence-electron chi connectivity index (χ3n) is 2.00. The number of ether oxygens (including phenoxy) is 1. The van der Waals surface area contributed by atoms with E-state index in [0.717, 1.165) is 25.6 Å². The minimum atomic E-state index is -0.00193. The van der Waals surface area contributed by atoms with Crippen molar-refractivity contribution in [2.75, 3.05) is 19.7 Å². The van der Waals surface area contributed by atoms with Gasteiger partial charge in [0.15, 0.2) is 0 Å². The first-order valence-corrected chi connectivity index (χ1v) is 5.30. The Bertz CT molecular complexity index is 118. The SMILES string of the molecule is CCC(C)CNCCOC(C)(C)C. The molecule has 0 rings (SSSR count). The zero-order valence-electron chi connectivity index (χ0n) is 9.81. The molecule has 80 valence electrons. The Balaban J connectivity index is 3.18. The van der Waals surface area contributed by atoms with Crippen molar-refractivity contribution in [2.45, 2.75) is 46.6 Å². The number of hydrogen-bond acceptors (Lipinski definition) is 2. The molecule has 0 aliphatic carbocycles. The maximum atomic E-state index is 5.58. The largest absolute Gasteiger partial charge is 0.375 e. The first-order chi connectivity index (χ1) is 5.95. The van der Waals surface area contributed by atoms with Crippen molar-refractivity contribution in [2.24, 2.45) is 5.92 Å². The third kappa shape index (κ3) is 9.84. The average Bonchev–Trinajstić information content (AvgIpc) is 2.01. The van der Waals surface area contributed by atoms with E-state index in [4.69, 9.17) is 4.74 Å². The Kier molecular flexibility index (Phi) is 6.35. The number of hydrogen-bond donors (Lipinski definition) is 1. The van der Waals surface area contributed by atoms with Gasteiger partial charge in [-0.3, -0.25) is 0 Å². The van der Waals surface area contributed by atoms with Crippen LogP contribution in [0.4, 0.5) is 0 Å². The fourth-order valence-electron chi connectivity index (χ4n) is 0.922. The van der Waals surface area contributed by atoms with Crippen LogP contribution in [0.3, 0.4) is 0 Å². The second-order valence-corrected chi connectivity index (χ2v) is 4.68. The zero-order valence-corrected chi connectivity index (χ0v) is 9.81. The van der Waals surface area contributed by atoms with Crippen LogP contribution in [0.2, 0.25) is 0 Å². The van der Waals surface area contributed by atoms with E-state index in [1.807, 2.05) is 0 Å². The zero-order chi connectivity index (χ0) is 10.3. The van der Waals surface area contributed by atoms with Gasteiger partial charge in [0.1, 0.15) is 0 Å². The van der Waals surface area contributed by atoms with Crippen LogP contribution in [-0.4, -0.2) is 25.3 Å². The van der Waals surface area contributed by atoms with Gasteiger partial charge >= 0.3 is 0 Å². The fraction of sp³-hybridized carbons (Fsp3) is 1.00. The summed E-state index contributed by atoms with van der Waals surface area (Å²) in [5.74, 6) is 0.773. The lowest BCUT2D eigenvalue weighted by Gasteiger charge is -2.20. The predicted molar refractivity (Wildman–Crippen MR) is 58.0 cm³/mol.